The molecule has 1 aromatic carbocycles. The van der Waals surface area contributed by atoms with Crippen LogP contribution in [0.4, 0.5) is 5.82 Å². The average Bonchev–Trinajstić information content (AvgIpc) is 3.09. The molecular formula is C23H25N3O3S. The van der Waals surface area contributed by atoms with Crippen molar-refractivity contribution in [3.63, 3.8) is 0 Å². The SMILES string of the molecule is COc1ccc(/C=C2\S/C(=N/c3ccccn3)N(C3CCCCC3)C2=O)c(OC)c1. The van der Waals surface area contributed by atoms with E-state index in [-0.39, 0.29) is 11.9 Å². The van der Waals surface area contributed by atoms with E-state index in [1.54, 1.807) is 20.4 Å². The highest BCUT2D eigenvalue weighted by molar-refractivity contribution is 8.18. The van der Waals surface area contributed by atoms with Crippen molar-refractivity contribution >= 4 is 34.7 Å². The van der Waals surface area contributed by atoms with Crippen molar-refractivity contribution < 1.29 is 14.3 Å². The van der Waals surface area contributed by atoms with Crippen LogP contribution in [0.1, 0.15) is 37.7 Å². The first-order valence-electron chi connectivity index (χ1n) is 10.1. The quantitative estimate of drug-likeness (QED) is 0.631. The molecule has 156 valence electrons. The van der Waals surface area contributed by atoms with Crippen molar-refractivity contribution in [3.05, 3.63) is 53.1 Å². The summed E-state index contributed by atoms with van der Waals surface area (Å²) in [4.78, 5) is 24.9. The van der Waals surface area contributed by atoms with Crippen molar-refractivity contribution in [2.24, 2.45) is 4.99 Å². The molecule has 4 rings (SSSR count). The lowest BCUT2D eigenvalue weighted by Crippen LogP contribution is -2.40. The molecule has 0 bridgehead atoms. The van der Waals surface area contributed by atoms with Gasteiger partial charge in [-0.05, 0) is 54.9 Å². The van der Waals surface area contributed by atoms with Crippen LogP contribution in [0.25, 0.3) is 6.08 Å². The number of benzene rings is 1. The van der Waals surface area contributed by atoms with Gasteiger partial charge in [-0.2, -0.15) is 0 Å². The van der Waals surface area contributed by atoms with E-state index in [1.807, 2.05) is 47.4 Å². The smallest absolute Gasteiger partial charge is 0.267 e. The lowest BCUT2D eigenvalue weighted by atomic mass is 9.94. The van der Waals surface area contributed by atoms with Gasteiger partial charge in [-0.3, -0.25) is 9.69 Å². The molecule has 1 amide bonds. The molecule has 2 aromatic rings. The fourth-order valence-electron chi connectivity index (χ4n) is 3.82. The lowest BCUT2D eigenvalue weighted by molar-refractivity contribution is -0.124. The topological polar surface area (TPSA) is 64.0 Å². The van der Waals surface area contributed by atoms with E-state index < -0.39 is 0 Å². The third-order valence-corrected chi connectivity index (χ3v) is 6.35. The van der Waals surface area contributed by atoms with E-state index in [0.717, 1.165) is 31.2 Å². The summed E-state index contributed by atoms with van der Waals surface area (Å²) in [6.45, 7) is 0. The maximum atomic E-state index is 13.4. The average molecular weight is 424 g/mol. The van der Waals surface area contributed by atoms with Gasteiger partial charge in [0.05, 0.1) is 19.1 Å². The van der Waals surface area contributed by atoms with E-state index in [0.29, 0.717) is 27.4 Å². The number of rotatable bonds is 5. The van der Waals surface area contributed by atoms with E-state index in [4.69, 9.17) is 14.5 Å². The van der Waals surface area contributed by atoms with Gasteiger partial charge in [-0.25, -0.2) is 9.98 Å². The van der Waals surface area contributed by atoms with Gasteiger partial charge in [0.15, 0.2) is 11.0 Å². The van der Waals surface area contributed by atoms with Crippen LogP contribution in [0, 0.1) is 0 Å². The number of carbonyl (C=O) groups is 1. The highest BCUT2D eigenvalue weighted by Gasteiger charge is 2.38. The second-order valence-corrected chi connectivity index (χ2v) is 8.28. The van der Waals surface area contributed by atoms with Crippen molar-refractivity contribution in [2.75, 3.05) is 14.2 Å². The second kappa shape index (κ2) is 9.34. The molecule has 2 heterocycles. The number of aliphatic imine (C=N–C) groups is 1. The van der Waals surface area contributed by atoms with E-state index in [1.165, 1.54) is 18.2 Å². The van der Waals surface area contributed by atoms with Gasteiger partial charge in [0, 0.05) is 23.9 Å². The maximum absolute atomic E-state index is 13.4. The number of hydrogen-bond acceptors (Lipinski definition) is 6. The van der Waals surface area contributed by atoms with Gasteiger partial charge in [-0.1, -0.05) is 25.3 Å². The molecule has 1 aliphatic carbocycles. The lowest BCUT2D eigenvalue weighted by Gasteiger charge is -2.30. The Balaban J connectivity index is 1.71. The molecular weight excluding hydrogens is 398 g/mol. The fourth-order valence-corrected chi connectivity index (χ4v) is 4.86. The molecule has 0 atom stereocenters. The predicted octanol–water partition coefficient (Wildman–Crippen LogP) is 5.04. The molecule has 1 aromatic heterocycles. The number of methoxy groups -OCH3 is 2. The first kappa shape index (κ1) is 20.5. The van der Waals surface area contributed by atoms with Crippen LogP contribution in [0.5, 0.6) is 11.5 Å². The Morgan fingerprint density at radius 1 is 1.13 bits per heavy atom. The number of ether oxygens (including phenoxy) is 2. The zero-order valence-electron chi connectivity index (χ0n) is 17.2. The summed E-state index contributed by atoms with van der Waals surface area (Å²) in [6.07, 6.45) is 9.11. The highest BCUT2D eigenvalue weighted by Crippen LogP contribution is 2.39. The number of nitrogens with zero attached hydrogens (tertiary/aromatic N) is 3. The predicted molar refractivity (Wildman–Crippen MR) is 120 cm³/mol. The molecule has 2 fully saturated rings. The van der Waals surface area contributed by atoms with Crippen molar-refractivity contribution in [1.82, 2.24) is 9.88 Å². The molecule has 7 heteroatoms. The zero-order valence-corrected chi connectivity index (χ0v) is 18.0. The molecule has 0 unspecified atom stereocenters. The maximum Gasteiger partial charge on any atom is 0.267 e. The molecule has 0 radical (unpaired) electrons. The summed E-state index contributed by atoms with van der Waals surface area (Å²) in [6, 6.07) is 11.4. The summed E-state index contributed by atoms with van der Waals surface area (Å²) in [7, 11) is 3.23. The second-order valence-electron chi connectivity index (χ2n) is 7.27. The number of amides is 1. The van der Waals surface area contributed by atoms with Crippen LogP contribution in [0.3, 0.4) is 0 Å². The highest BCUT2D eigenvalue weighted by atomic mass is 32.2. The van der Waals surface area contributed by atoms with E-state index in [2.05, 4.69) is 4.98 Å². The zero-order chi connectivity index (χ0) is 20.9. The molecule has 6 nitrogen and oxygen atoms in total. The Bertz CT molecular complexity index is 969. The van der Waals surface area contributed by atoms with Gasteiger partial charge in [-0.15, -0.1) is 0 Å². The Kier molecular flexibility index (Phi) is 6.38. The van der Waals surface area contributed by atoms with Crippen LogP contribution in [-0.2, 0) is 4.79 Å². The summed E-state index contributed by atoms with van der Waals surface area (Å²) >= 11 is 1.40. The van der Waals surface area contributed by atoms with Crippen molar-refractivity contribution in [3.8, 4) is 11.5 Å². The first-order chi connectivity index (χ1) is 14.7. The number of aromatic nitrogens is 1. The first-order valence-corrected chi connectivity index (χ1v) is 11.0. The molecule has 30 heavy (non-hydrogen) atoms. The minimum absolute atomic E-state index is 0.000507. The van der Waals surface area contributed by atoms with Gasteiger partial charge >= 0.3 is 0 Å². The van der Waals surface area contributed by atoms with Crippen LogP contribution < -0.4 is 9.47 Å². The summed E-state index contributed by atoms with van der Waals surface area (Å²) in [5, 5.41) is 0.698. The number of carbonyl (C=O) groups excluding carboxylic acids is 1. The van der Waals surface area contributed by atoms with Crippen molar-refractivity contribution in [1.29, 1.82) is 0 Å². The molecule has 2 aliphatic rings. The summed E-state index contributed by atoms with van der Waals surface area (Å²) in [5.41, 5.74) is 0.830. The molecule has 1 aliphatic heterocycles. The molecule has 1 saturated heterocycles. The molecule has 0 spiro atoms. The van der Waals surface area contributed by atoms with Gasteiger partial charge in [0.1, 0.15) is 11.5 Å². The monoisotopic (exact) mass is 423 g/mol. The Hall–Kier alpha value is -2.80. The Morgan fingerprint density at radius 2 is 1.97 bits per heavy atom. The van der Waals surface area contributed by atoms with Gasteiger partial charge in [0.2, 0.25) is 0 Å². The van der Waals surface area contributed by atoms with Crippen LogP contribution in [0.2, 0.25) is 0 Å². The largest absolute Gasteiger partial charge is 0.497 e. The fraction of sp³-hybridized carbons (Fsp3) is 0.348. The number of hydrogen-bond donors (Lipinski definition) is 0. The molecule has 1 saturated carbocycles. The van der Waals surface area contributed by atoms with Crippen LogP contribution in [0.15, 0.2) is 52.5 Å². The van der Waals surface area contributed by atoms with Gasteiger partial charge < -0.3 is 9.47 Å². The number of pyridine rings is 1. The minimum Gasteiger partial charge on any atom is -0.497 e. The Morgan fingerprint density at radius 3 is 2.67 bits per heavy atom. The molecule has 0 N–H and O–H groups in total. The normalized spacial score (nSPS) is 20.2. The van der Waals surface area contributed by atoms with Crippen LogP contribution in [-0.4, -0.2) is 41.2 Å². The third-order valence-electron chi connectivity index (χ3n) is 5.36. The van der Waals surface area contributed by atoms with Gasteiger partial charge in [0.25, 0.3) is 5.91 Å². The van der Waals surface area contributed by atoms with E-state index in [9.17, 15) is 4.79 Å². The van der Waals surface area contributed by atoms with Crippen LogP contribution >= 0.6 is 11.8 Å². The number of amidine groups is 1. The summed E-state index contributed by atoms with van der Waals surface area (Å²) < 4.78 is 10.8. The standard InChI is InChI=1S/C23H25N3O3S/c1-28-18-12-11-16(19(15-18)29-2)14-20-22(27)26(17-8-4-3-5-9-17)23(30-20)25-21-10-6-7-13-24-21/h6-7,10-15,17H,3-5,8-9H2,1-2H3/b20-14-,25-23+. The summed E-state index contributed by atoms with van der Waals surface area (Å²) in [5.74, 6) is 1.98. The number of thioether (sulfide) groups is 1. The van der Waals surface area contributed by atoms with E-state index >= 15 is 0 Å². The third kappa shape index (κ3) is 4.36. The Labute approximate surface area is 181 Å². The van der Waals surface area contributed by atoms with Crippen molar-refractivity contribution in [2.45, 2.75) is 38.1 Å². The minimum atomic E-state index is -0.000507.